The van der Waals surface area contributed by atoms with Gasteiger partial charge < -0.3 is 19.7 Å². The highest BCUT2D eigenvalue weighted by atomic mass is 16.5. The average molecular weight is 240 g/mol. The van der Waals surface area contributed by atoms with Gasteiger partial charge in [-0.2, -0.15) is 0 Å². The van der Waals surface area contributed by atoms with Crippen LogP contribution in [0.3, 0.4) is 0 Å². The van der Waals surface area contributed by atoms with Crippen molar-refractivity contribution in [1.82, 2.24) is 0 Å². The predicted molar refractivity (Wildman–Crippen MR) is 61.7 cm³/mol. The number of carbonyl (C=O) groups is 1. The third-order valence-electron chi connectivity index (χ3n) is 2.25. The Bertz CT molecular complexity index is 388. The molecular weight excluding hydrogens is 224 g/mol. The van der Waals surface area contributed by atoms with Gasteiger partial charge in [-0.25, -0.2) is 4.79 Å². The number of hydrogen-bond acceptors (Lipinski definition) is 4. The molecule has 0 saturated heterocycles. The summed E-state index contributed by atoms with van der Waals surface area (Å²) in [5.41, 5.74) is 0.0505. The van der Waals surface area contributed by atoms with Gasteiger partial charge in [0.15, 0.2) is 0 Å². The Labute approximate surface area is 99.6 Å². The van der Waals surface area contributed by atoms with E-state index in [-0.39, 0.29) is 30.4 Å². The van der Waals surface area contributed by atoms with Gasteiger partial charge in [0.1, 0.15) is 17.1 Å². The first-order valence-corrected chi connectivity index (χ1v) is 5.23. The number of ether oxygens (including phenoxy) is 2. The van der Waals surface area contributed by atoms with Crippen molar-refractivity contribution in [3.8, 4) is 11.5 Å². The molecule has 94 valence electrons. The van der Waals surface area contributed by atoms with Crippen LogP contribution in [0.5, 0.6) is 11.5 Å². The van der Waals surface area contributed by atoms with E-state index < -0.39 is 5.97 Å². The van der Waals surface area contributed by atoms with Crippen LogP contribution in [-0.2, 0) is 0 Å². The Kier molecular flexibility index (Phi) is 4.78. The van der Waals surface area contributed by atoms with Gasteiger partial charge in [-0.3, -0.25) is 0 Å². The standard InChI is InChI=1S/C12H16O5/c1-8(6-13)7-17-11-4-3-9(16-2)5-10(11)12(14)15/h3-5,8,13H,6-7H2,1-2H3,(H,14,15). The second-order valence-electron chi connectivity index (χ2n) is 3.77. The molecule has 0 saturated carbocycles. The van der Waals surface area contributed by atoms with Crippen LogP contribution in [0, 0.1) is 5.92 Å². The third kappa shape index (κ3) is 3.64. The number of carboxylic acid groups (broad SMARTS) is 1. The lowest BCUT2D eigenvalue weighted by atomic mass is 10.2. The van der Waals surface area contributed by atoms with Crippen molar-refractivity contribution in [1.29, 1.82) is 0 Å². The molecule has 0 aliphatic carbocycles. The molecule has 1 aromatic rings. The molecule has 5 nitrogen and oxygen atoms in total. The van der Waals surface area contributed by atoms with Gasteiger partial charge in [-0.1, -0.05) is 6.92 Å². The predicted octanol–water partition coefficient (Wildman–Crippen LogP) is 1.40. The van der Waals surface area contributed by atoms with Gasteiger partial charge in [-0.15, -0.1) is 0 Å². The second kappa shape index (κ2) is 6.10. The van der Waals surface area contributed by atoms with Crippen molar-refractivity contribution in [3.63, 3.8) is 0 Å². The van der Waals surface area contributed by atoms with Crippen molar-refractivity contribution in [2.75, 3.05) is 20.3 Å². The number of benzene rings is 1. The molecule has 2 N–H and O–H groups in total. The molecule has 0 spiro atoms. The number of hydrogen-bond donors (Lipinski definition) is 2. The molecule has 0 fully saturated rings. The van der Waals surface area contributed by atoms with Crippen LogP contribution in [0.15, 0.2) is 18.2 Å². The number of aliphatic hydroxyl groups excluding tert-OH is 1. The Morgan fingerprint density at radius 2 is 2.18 bits per heavy atom. The minimum absolute atomic E-state index is 0.00143. The van der Waals surface area contributed by atoms with Gasteiger partial charge >= 0.3 is 5.97 Å². The van der Waals surface area contributed by atoms with E-state index in [2.05, 4.69) is 0 Å². The number of aromatic carboxylic acids is 1. The summed E-state index contributed by atoms with van der Waals surface area (Å²) >= 11 is 0. The second-order valence-corrected chi connectivity index (χ2v) is 3.77. The molecule has 0 bridgehead atoms. The fraction of sp³-hybridized carbons (Fsp3) is 0.417. The van der Waals surface area contributed by atoms with Gasteiger partial charge in [0.2, 0.25) is 0 Å². The normalized spacial score (nSPS) is 11.9. The summed E-state index contributed by atoms with van der Waals surface area (Å²) < 4.78 is 10.3. The zero-order valence-electron chi connectivity index (χ0n) is 9.84. The fourth-order valence-electron chi connectivity index (χ4n) is 1.21. The van der Waals surface area contributed by atoms with Crippen LogP contribution >= 0.6 is 0 Å². The molecule has 0 radical (unpaired) electrons. The summed E-state index contributed by atoms with van der Waals surface area (Å²) in [5.74, 6) is -0.377. The van der Waals surface area contributed by atoms with Gasteiger partial charge in [0, 0.05) is 12.5 Å². The van der Waals surface area contributed by atoms with Crippen LogP contribution in [0.4, 0.5) is 0 Å². The summed E-state index contributed by atoms with van der Waals surface area (Å²) in [7, 11) is 1.47. The molecule has 0 aliphatic heterocycles. The molecule has 17 heavy (non-hydrogen) atoms. The van der Waals surface area contributed by atoms with Crippen LogP contribution in [-0.4, -0.2) is 36.5 Å². The quantitative estimate of drug-likeness (QED) is 0.786. The average Bonchev–Trinajstić information content (AvgIpc) is 2.35. The Hall–Kier alpha value is -1.75. The Morgan fingerprint density at radius 1 is 1.47 bits per heavy atom. The lowest BCUT2D eigenvalue weighted by Gasteiger charge is -2.13. The molecular formula is C12H16O5. The third-order valence-corrected chi connectivity index (χ3v) is 2.25. The maximum absolute atomic E-state index is 11.0. The zero-order chi connectivity index (χ0) is 12.8. The van der Waals surface area contributed by atoms with E-state index in [1.807, 2.05) is 6.92 Å². The molecule has 0 aromatic heterocycles. The highest BCUT2D eigenvalue weighted by Gasteiger charge is 2.13. The lowest BCUT2D eigenvalue weighted by Crippen LogP contribution is -2.13. The van der Waals surface area contributed by atoms with E-state index in [0.717, 1.165) is 0 Å². The SMILES string of the molecule is COc1ccc(OCC(C)CO)c(C(=O)O)c1. The largest absolute Gasteiger partial charge is 0.497 e. The summed E-state index contributed by atoms with van der Waals surface area (Å²) in [6.07, 6.45) is 0. The number of methoxy groups -OCH3 is 1. The molecule has 0 amide bonds. The number of rotatable bonds is 6. The zero-order valence-corrected chi connectivity index (χ0v) is 9.84. The summed E-state index contributed by atoms with van der Waals surface area (Å²) in [6.45, 7) is 2.08. The van der Waals surface area contributed by atoms with E-state index in [4.69, 9.17) is 19.7 Å². The van der Waals surface area contributed by atoms with Crippen LogP contribution in [0.2, 0.25) is 0 Å². The first-order chi connectivity index (χ1) is 8.08. The van der Waals surface area contributed by atoms with Gasteiger partial charge in [0.25, 0.3) is 0 Å². The minimum Gasteiger partial charge on any atom is -0.497 e. The lowest BCUT2D eigenvalue weighted by molar-refractivity contribution is 0.0690. The first-order valence-electron chi connectivity index (χ1n) is 5.23. The van der Waals surface area contributed by atoms with Gasteiger partial charge in [-0.05, 0) is 18.2 Å². The van der Waals surface area contributed by atoms with E-state index in [0.29, 0.717) is 5.75 Å². The molecule has 1 aromatic carbocycles. The Morgan fingerprint density at radius 3 is 2.71 bits per heavy atom. The van der Waals surface area contributed by atoms with Crippen molar-refractivity contribution < 1.29 is 24.5 Å². The van der Waals surface area contributed by atoms with Crippen molar-refractivity contribution in [3.05, 3.63) is 23.8 Å². The highest BCUT2D eigenvalue weighted by molar-refractivity contribution is 5.91. The maximum Gasteiger partial charge on any atom is 0.339 e. The molecule has 1 rings (SSSR count). The van der Waals surface area contributed by atoms with Crippen molar-refractivity contribution in [2.45, 2.75) is 6.92 Å². The molecule has 0 heterocycles. The monoisotopic (exact) mass is 240 g/mol. The minimum atomic E-state index is -1.07. The van der Waals surface area contributed by atoms with E-state index in [9.17, 15) is 4.79 Å². The Balaban J connectivity index is 2.87. The van der Waals surface area contributed by atoms with Crippen LogP contribution in [0.25, 0.3) is 0 Å². The fourth-order valence-corrected chi connectivity index (χ4v) is 1.21. The van der Waals surface area contributed by atoms with E-state index in [1.54, 1.807) is 12.1 Å². The van der Waals surface area contributed by atoms with Gasteiger partial charge in [0.05, 0.1) is 13.7 Å². The molecule has 5 heteroatoms. The van der Waals surface area contributed by atoms with E-state index in [1.165, 1.54) is 13.2 Å². The van der Waals surface area contributed by atoms with Crippen molar-refractivity contribution in [2.24, 2.45) is 5.92 Å². The summed E-state index contributed by atoms with van der Waals surface area (Å²) in [6, 6.07) is 4.58. The summed E-state index contributed by atoms with van der Waals surface area (Å²) in [5, 5.41) is 17.9. The van der Waals surface area contributed by atoms with Crippen LogP contribution < -0.4 is 9.47 Å². The molecule has 1 atom stereocenters. The van der Waals surface area contributed by atoms with Crippen molar-refractivity contribution >= 4 is 5.97 Å². The van der Waals surface area contributed by atoms with E-state index >= 15 is 0 Å². The topological polar surface area (TPSA) is 76.0 Å². The molecule has 0 aliphatic rings. The number of carboxylic acids is 1. The maximum atomic E-state index is 11.0. The number of aliphatic hydroxyl groups is 1. The first kappa shape index (κ1) is 13.3. The highest BCUT2D eigenvalue weighted by Crippen LogP contribution is 2.24. The summed E-state index contributed by atoms with van der Waals surface area (Å²) in [4.78, 5) is 11.0. The smallest absolute Gasteiger partial charge is 0.339 e. The van der Waals surface area contributed by atoms with Crippen LogP contribution in [0.1, 0.15) is 17.3 Å². The molecule has 1 unspecified atom stereocenters.